The molecular weight excluding hydrogens is 216 g/mol. The van der Waals surface area contributed by atoms with Crippen molar-refractivity contribution in [3.63, 3.8) is 0 Å². The van der Waals surface area contributed by atoms with Crippen molar-refractivity contribution in [2.24, 2.45) is 5.73 Å². The molecule has 2 rings (SSSR count). The summed E-state index contributed by atoms with van der Waals surface area (Å²) in [6.07, 6.45) is 0. The highest BCUT2D eigenvalue weighted by Gasteiger charge is 2.02. The van der Waals surface area contributed by atoms with Gasteiger partial charge in [0, 0.05) is 6.54 Å². The zero-order valence-electron chi connectivity index (χ0n) is 7.96. The van der Waals surface area contributed by atoms with Crippen molar-refractivity contribution in [2.75, 3.05) is 6.54 Å². The van der Waals surface area contributed by atoms with Gasteiger partial charge in [0.2, 0.25) is 0 Å². The Bertz CT molecular complexity index is 511. The quantitative estimate of drug-likeness (QED) is 0.793. The summed E-state index contributed by atoms with van der Waals surface area (Å²) in [7, 11) is 0. The van der Waals surface area contributed by atoms with Gasteiger partial charge in [-0.15, -0.1) is 17.5 Å². The topological polar surface area (TPSA) is 73.8 Å². The van der Waals surface area contributed by atoms with Crippen LogP contribution in [-0.2, 0) is 6.54 Å². The zero-order valence-corrected chi connectivity index (χ0v) is 8.78. The SMILES string of the molecule is Cl.NCCn1nnc2ccccc2c1=O. The van der Waals surface area contributed by atoms with Gasteiger partial charge in [-0.3, -0.25) is 4.79 Å². The van der Waals surface area contributed by atoms with Crippen LogP contribution in [0, 0.1) is 0 Å². The third-order valence-electron chi connectivity index (χ3n) is 1.97. The Balaban J connectivity index is 0.00000112. The van der Waals surface area contributed by atoms with Crippen molar-refractivity contribution in [3.8, 4) is 0 Å². The minimum Gasteiger partial charge on any atom is -0.329 e. The van der Waals surface area contributed by atoms with Crippen molar-refractivity contribution in [1.82, 2.24) is 15.0 Å². The van der Waals surface area contributed by atoms with Crippen molar-refractivity contribution in [2.45, 2.75) is 6.54 Å². The van der Waals surface area contributed by atoms with Gasteiger partial charge in [-0.25, -0.2) is 4.68 Å². The molecule has 0 spiro atoms. The second kappa shape index (κ2) is 4.86. The Hall–Kier alpha value is -1.46. The van der Waals surface area contributed by atoms with Gasteiger partial charge in [-0.05, 0) is 12.1 Å². The van der Waals surface area contributed by atoms with Crippen LogP contribution in [0.2, 0.25) is 0 Å². The summed E-state index contributed by atoms with van der Waals surface area (Å²) in [6.45, 7) is 0.781. The summed E-state index contributed by atoms with van der Waals surface area (Å²) < 4.78 is 1.28. The van der Waals surface area contributed by atoms with Gasteiger partial charge < -0.3 is 5.73 Å². The van der Waals surface area contributed by atoms with Crippen LogP contribution in [-0.4, -0.2) is 21.5 Å². The standard InChI is InChI=1S/C9H10N4O.ClH/c10-5-6-13-9(14)7-3-1-2-4-8(7)11-12-13;/h1-4H,5-6,10H2;1H. The highest BCUT2D eigenvalue weighted by Crippen LogP contribution is 2.02. The lowest BCUT2D eigenvalue weighted by Crippen LogP contribution is -2.27. The second-order valence-electron chi connectivity index (χ2n) is 2.92. The minimum atomic E-state index is -0.138. The molecule has 5 nitrogen and oxygen atoms in total. The van der Waals surface area contributed by atoms with E-state index in [-0.39, 0.29) is 18.0 Å². The molecule has 0 aliphatic rings. The molecule has 0 aliphatic heterocycles. The molecule has 2 aromatic rings. The van der Waals surface area contributed by atoms with Crippen LogP contribution in [0.4, 0.5) is 0 Å². The molecule has 1 aromatic heterocycles. The minimum absolute atomic E-state index is 0. The molecule has 0 saturated carbocycles. The fourth-order valence-corrected chi connectivity index (χ4v) is 1.29. The predicted molar refractivity (Wildman–Crippen MR) is 60.1 cm³/mol. The van der Waals surface area contributed by atoms with E-state index in [0.29, 0.717) is 24.0 Å². The van der Waals surface area contributed by atoms with E-state index in [2.05, 4.69) is 10.3 Å². The second-order valence-corrected chi connectivity index (χ2v) is 2.92. The average Bonchev–Trinajstić information content (AvgIpc) is 2.23. The van der Waals surface area contributed by atoms with Crippen molar-refractivity contribution >= 4 is 23.3 Å². The molecule has 6 heteroatoms. The fourth-order valence-electron chi connectivity index (χ4n) is 1.29. The zero-order chi connectivity index (χ0) is 9.97. The Kier molecular flexibility index (Phi) is 3.76. The average molecular weight is 227 g/mol. The summed E-state index contributed by atoms with van der Waals surface area (Å²) in [5.41, 5.74) is 5.82. The lowest BCUT2D eigenvalue weighted by Gasteiger charge is -2.01. The van der Waals surface area contributed by atoms with Crippen molar-refractivity contribution in [3.05, 3.63) is 34.6 Å². The molecule has 0 unspecified atom stereocenters. The molecule has 15 heavy (non-hydrogen) atoms. The first-order valence-corrected chi connectivity index (χ1v) is 4.35. The van der Waals surface area contributed by atoms with Gasteiger partial charge in [-0.2, -0.15) is 0 Å². The number of aromatic nitrogens is 3. The van der Waals surface area contributed by atoms with Crippen LogP contribution < -0.4 is 11.3 Å². The van der Waals surface area contributed by atoms with Gasteiger partial charge in [0.25, 0.3) is 5.56 Å². The molecule has 2 N–H and O–H groups in total. The van der Waals surface area contributed by atoms with Crippen LogP contribution in [0.1, 0.15) is 0 Å². The molecule has 0 radical (unpaired) electrons. The number of nitrogens with zero attached hydrogens (tertiary/aromatic N) is 3. The Morgan fingerprint density at radius 2 is 2.07 bits per heavy atom. The summed E-state index contributed by atoms with van der Waals surface area (Å²) in [5, 5.41) is 8.27. The molecule has 1 aromatic carbocycles. The summed E-state index contributed by atoms with van der Waals surface area (Å²) in [5.74, 6) is 0. The first-order valence-electron chi connectivity index (χ1n) is 4.35. The van der Waals surface area contributed by atoms with Gasteiger partial charge in [-0.1, -0.05) is 17.3 Å². The number of nitrogens with two attached hydrogens (primary N) is 1. The van der Waals surface area contributed by atoms with E-state index >= 15 is 0 Å². The number of benzene rings is 1. The lowest BCUT2D eigenvalue weighted by molar-refractivity contribution is 0.558. The highest BCUT2D eigenvalue weighted by atomic mass is 35.5. The van der Waals surface area contributed by atoms with E-state index in [1.54, 1.807) is 18.2 Å². The van der Waals surface area contributed by atoms with Crippen LogP contribution in [0.3, 0.4) is 0 Å². The number of fused-ring (bicyclic) bond motifs is 1. The molecule has 1 heterocycles. The van der Waals surface area contributed by atoms with E-state index in [1.807, 2.05) is 6.07 Å². The van der Waals surface area contributed by atoms with E-state index < -0.39 is 0 Å². The highest BCUT2D eigenvalue weighted by molar-refractivity contribution is 5.85. The number of hydrogen-bond donors (Lipinski definition) is 1. The molecule has 80 valence electrons. The molecule has 0 atom stereocenters. The van der Waals surface area contributed by atoms with E-state index in [9.17, 15) is 4.79 Å². The van der Waals surface area contributed by atoms with Crippen LogP contribution in [0.25, 0.3) is 10.9 Å². The third kappa shape index (κ3) is 2.14. The maximum atomic E-state index is 11.7. The van der Waals surface area contributed by atoms with E-state index in [0.717, 1.165) is 0 Å². The van der Waals surface area contributed by atoms with Crippen LogP contribution >= 0.6 is 12.4 Å². The molecular formula is C9H11ClN4O. The number of rotatable bonds is 2. The molecule has 0 aliphatic carbocycles. The van der Waals surface area contributed by atoms with Gasteiger partial charge in [0.1, 0.15) is 5.52 Å². The summed E-state index contributed by atoms with van der Waals surface area (Å²) >= 11 is 0. The molecule has 0 bridgehead atoms. The van der Waals surface area contributed by atoms with E-state index in [1.165, 1.54) is 4.68 Å². The number of hydrogen-bond acceptors (Lipinski definition) is 4. The summed E-state index contributed by atoms with van der Waals surface area (Å²) in [6, 6.07) is 7.12. The summed E-state index contributed by atoms with van der Waals surface area (Å²) in [4.78, 5) is 11.7. The first-order chi connectivity index (χ1) is 6.83. The molecule has 0 saturated heterocycles. The number of halogens is 1. The van der Waals surface area contributed by atoms with Crippen molar-refractivity contribution in [1.29, 1.82) is 0 Å². The lowest BCUT2D eigenvalue weighted by atomic mass is 10.2. The van der Waals surface area contributed by atoms with Gasteiger partial charge in [0.05, 0.1) is 11.9 Å². The molecule has 0 amide bonds. The monoisotopic (exact) mass is 226 g/mol. The Labute approximate surface area is 92.3 Å². The molecule has 0 fully saturated rings. The van der Waals surface area contributed by atoms with Crippen LogP contribution in [0.5, 0.6) is 0 Å². The first kappa shape index (κ1) is 11.6. The predicted octanol–water partition coefficient (Wildman–Crippen LogP) is 0.172. The largest absolute Gasteiger partial charge is 0.329 e. The maximum absolute atomic E-state index is 11.7. The smallest absolute Gasteiger partial charge is 0.277 e. The van der Waals surface area contributed by atoms with Gasteiger partial charge >= 0.3 is 0 Å². The fraction of sp³-hybridized carbons (Fsp3) is 0.222. The Morgan fingerprint density at radius 3 is 2.80 bits per heavy atom. The normalized spacial score (nSPS) is 9.93. The third-order valence-corrected chi connectivity index (χ3v) is 1.97. The van der Waals surface area contributed by atoms with Crippen molar-refractivity contribution < 1.29 is 0 Å². The van der Waals surface area contributed by atoms with E-state index in [4.69, 9.17) is 5.73 Å². The van der Waals surface area contributed by atoms with Gasteiger partial charge in [0.15, 0.2) is 0 Å². The Morgan fingerprint density at radius 1 is 1.33 bits per heavy atom. The maximum Gasteiger partial charge on any atom is 0.277 e. The van der Waals surface area contributed by atoms with Crippen LogP contribution in [0.15, 0.2) is 29.1 Å².